The Balaban J connectivity index is 1.12. The molecule has 0 spiro atoms. The Morgan fingerprint density at radius 1 is 1.09 bits per heavy atom. The van der Waals surface area contributed by atoms with Crippen LogP contribution in [0, 0.1) is 0 Å². The number of carbonyl (C=O) groups is 1. The molecule has 0 aliphatic carbocycles. The summed E-state index contributed by atoms with van der Waals surface area (Å²) in [5, 5.41) is 7.43. The normalized spacial score (nSPS) is 14.7. The Labute approximate surface area is 193 Å². The maximum Gasteiger partial charge on any atom is 0.241 e. The second-order valence-electron chi connectivity index (χ2n) is 7.47. The standard InChI is InChI=1S/C22H20ClN5O3S/c23-16-5-3-15(4-6-16)21-25-19(31-26-21)13-27-7-9-28(10-8-27)20(29)12-17-14-32-22(24-17)18-2-1-11-30-18/h1-6,11,14H,7-10,12-13H2. The zero-order chi connectivity index (χ0) is 21.9. The van der Waals surface area contributed by atoms with Crippen LogP contribution in [0.5, 0.6) is 0 Å². The molecule has 164 valence electrons. The fourth-order valence-electron chi connectivity index (χ4n) is 3.55. The molecule has 10 heteroatoms. The van der Waals surface area contributed by atoms with Gasteiger partial charge in [-0.05, 0) is 36.4 Å². The Kier molecular flexibility index (Phi) is 6.02. The summed E-state index contributed by atoms with van der Waals surface area (Å²) in [6.07, 6.45) is 1.92. The highest BCUT2D eigenvalue weighted by Crippen LogP contribution is 2.24. The number of furan rings is 1. The summed E-state index contributed by atoms with van der Waals surface area (Å²) in [5.74, 6) is 1.91. The molecule has 3 aromatic heterocycles. The van der Waals surface area contributed by atoms with Crippen molar-refractivity contribution in [2.45, 2.75) is 13.0 Å². The summed E-state index contributed by atoms with van der Waals surface area (Å²) in [6.45, 7) is 3.37. The van der Waals surface area contributed by atoms with Gasteiger partial charge in [-0.1, -0.05) is 16.8 Å². The molecule has 4 heterocycles. The predicted molar refractivity (Wildman–Crippen MR) is 120 cm³/mol. The fourth-order valence-corrected chi connectivity index (χ4v) is 4.46. The Hall–Kier alpha value is -3.01. The molecular formula is C22H20ClN5O3S. The lowest BCUT2D eigenvalue weighted by Gasteiger charge is -2.33. The van der Waals surface area contributed by atoms with Crippen LogP contribution in [0.1, 0.15) is 11.6 Å². The second-order valence-corrected chi connectivity index (χ2v) is 8.77. The Morgan fingerprint density at radius 3 is 2.66 bits per heavy atom. The molecule has 5 rings (SSSR count). The summed E-state index contributed by atoms with van der Waals surface area (Å²) < 4.78 is 10.8. The van der Waals surface area contributed by atoms with Crippen LogP contribution >= 0.6 is 22.9 Å². The highest BCUT2D eigenvalue weighted by atomic mass is 35.5. The number of aromatic nitrogens is 3. The molecule has 1 saturated heterocycles. The van der Waals surface area contributed by atoms with Crippen LogP contribution in [0.3, 0.4) is 0 Å². The highest BCUT2D eigenvalue weighted by molar-refractivity contribution is 7.13. The molecule has 0 bridgehead atoms. The molecule has 0 N–H and O–H groups in total. The minimum Gasteiger partial charge on any atom is -0.462 e. The summed E-state index contributed by atoms with van der Waals surface area (Å²) in [7, 11) is 0. The van der Waals surface area contributed by atoms with Crippen molar-refractivity contribution in [1.29, 1.82) is 0 Å². The van der Waals surface area contributed by atoms with E-state index in [4.69, 9.17) is 20.5 Å². The van der Waals surface area contributed by atoms with Gasteiger partial charge in [0.1, 0.15) is 0 Å². The van der Waals surface area contributed by atoms with Gasteiger partial charge in [0.2, 0.25) is 17.6 Å². The zero-order valence-corrected chi connectivity index (χ0v) is 18.7. The molecule has 1 aromatic carbocycles. The van der Waals surface area contributed by atoms with E-state index in [1.807, 2.05) is 34.5 Å². The lowest BCUT2D eigenvalue weighted by atomic mass is 10.2. The molecule has 1 amide bonds. The van der Waals surface area contributed by atoms with E-state index in [0.717, 1.165) is 35.1 Å². The maximum atomic E-state index is 12.7. The second kappa shape index (κ2) is 9.23. The molecule has 4 aromatic rings. The minimum absolute atomic E-state index is 0.0868. The van der Waals surface area contributed by atoms with Gasteiger partial charge in [0.15, 0.2) is 10.8 Å². The molecular weight excluding hydrogens is 450 g/mol. The Morgan fingerprint density at radius 2 is 1.91 bits per heavy atom. The lowest BCUT2D eigenvalue weighted by Crippen LogP contribution is -2.48. The SMILES string of the molecule is O=C(Cc1csc(-c2ccco2)n1)N1CCN(Cc2nc(-c3ccc(Cl)cc3)no2)CC1. The summed E-state index contributed by atoms with van der Waals surface area (Å²) in [5.41, 5.74) is 1.63. The number of amides is 1. The van der Waals surface area contributed by atoms with Gasteiger partial charge in [0, 0.05) is 42.1 Å². The third-order valence-electron chi connectivity index (χ3n) is 5.27. The van der Waals surface area contributed by atoms with E-state index in [1.165, 1.54) is 11.3 Å². The van der Waals surface area contributed by atoms with Crippen molar-refractivity contribution in [3.63, 3.8) is 0 Å². The minimum atomic E-state index is 0.0868. The number of hydrogen-bond acceptors (Lipinski definition) is 8. The Bertz CT molecular complexity index is 1180. The monoisotopic (exact) mass is 469 g/mol. The number of rotatable bonds is 6. The summed E-state index contributed by atoms with van der Waals surface area (Å²) in [4.78, 5) is 25.8. The van der Waals surface area contributed by atoms with Gasteiger partial charge in [-0.25, -0.2) is 4.98 Å². The van der Waals surface area contributed by atoms with Crippen molar-refractivity contribution in [3.8, 4) is 22.2 Å². The predicted octanol–water partition coefficient (Wildman–Crippen LogP) is 3.99. The first kappa shape index (κ1) is 20.9. The number of halogens is 1. The molecule has 32 heavy (non-hydrogen) atoms. The maximum absolute atomic E-state index is 12.7. The number of piperazine rings is 1. The van der Waals surface area contributed by atoms with Crippen LogP contribution in [0.2, 0.25) is 5.02 Å². The average Bonchev–Trinajstić information content (AvgIpc) is 3.57. The van der Waals surface area contributed by atoms with E-state index in [0.29, 0.717) is 42.8 Å². The first-order valence-electron chi connectivity index (χ1n) is 10.2. The molecule has 0 atom stereocenters. The van der Waals surface area contributed by atoms with Crippen molar-refractivity contribution in [1.82, 2.24) is 24.9 Å². The molecule has 0 radical (unpaired) electrons. The van der Waals surface area contributed by atoms with Gasteiger partial charge in [-0.15, -0.1) is 11.3 Å². The van der Waals surface area contributed by atoms with Crippen molar-refractivity contribution >= 4 is 28.8 Å². The van der Waals surface area contributed by atoms with Crippen LogP contribution in [-0.2, 0) is 17.8 Å². The molecule has 8 nitrogen and oxygen atoms in total. The van der Waals surface area contributed by atoms with Gasteiger partial charge in [-0.2, -0.15) is 4.98 Å². The number of hydrogen-bond donors (Lipinski definition) is 0. The molecule has 1 fully saturated rings. The van der Waals surface area contributed by atoms with Gasteiger partial charge < -0.3 is 13.8 Å². The first-order chi connectivity index (χ1) is 15.6. The van der Waals surface area contributed by atoms with Crippen LogP contribution in [0.15, 0.2) is 57.0 Å². The zero-order valence-electron chi connectivity index (χ0n) is 17.1. The van der Waals surface area contributed by atoms with Crippen LogP contribution in [0.4, 0.5) is 0 Å². The lowest BCUT2D eigenvalue weighted by molar-refractivity contribution is -0.132. The van der Waals surface area contributed by atoms with Gasteiger partial charge in [0.25, 0.3) is 0 Å². The van der Waals surface area contributed by atoms with Crippen molar-refractivity contribution in [2.24, 2.45) is 0 Å². The molecule has 1 aliphatic rings. The third kappa shape index (κ3) is 4.74. The van der Waals surface area contributed by atoms with E-state index in [2.05, 4.69) is 20.0 Å². The van der Waals surface area contributed by atoms with E-state index in [1.54, 1.807) is 18.4 Å². The number of thiazole rings is 1. The average molecular weight is 470 g/mol. The van der Waals surface area contributed by atoms with Crippen LogP contribution in [-0.4, -0.2) is 57.0 Å². The smallest absolute Gasteiger partial charge is 0.241 e. The van der Waals surface area contributed by atoms with Crippen molar-refractivity contribution in [2.75, 3.05) is 26.2 Å². The van der Waals surface area contributed by atoms with Gasteiger partial charge >= 0.3 is 0 Å². The first-order valence-corrected chi connectivity index (χ1v) is 11.5. The van der Waals surface area contributed by atoms with E-state index < -0.39 is 0 Å². The summed E-state index contributed by atoms with van der Waals surface area (Å²) in [6, 6.07) is 11.0. The van der Waals surface area contributed by atoms with Crippen molar-refractivity contribution < 1.29 is 13.7 Å². The third-order valence-corrected chi connectivity index (χ3v) is 6.43. The van der Waals surface area contributed by atoms with E-state index >= 15 is 0 Å². The van der Waals surface area contributed by atoms with E-state index in [9.17, 15) is 4.79 Å². The van der Waals surface area contributed by atoms with E-state index in [-0.39, 0.29) is 5.91 Å². The summed E-state index contributed by atoms with van der Waals surface area (Å²) >= 11 is 7.41. The highest BCUT2D eigenvalue weighted by Gasteiger charge is 2.23. The van der Waals surface area contributed by atoms with Gasteiger partial charge in [-0.3, -0.25) is 9.69 Å². The number of carbonyl (C=O) groups excluding carboxylic acids is 1. The number of nitrogens with zero attached hydrogens (tertiary/aromatic N) is 5. The van der Waals surface area contributed by atoms with Crippen LogP contribution in [0.25, 0.3) is 22.2 Å². The van der Waals surface area contributed by atoms with Gasteiger partial charge in [0.05, 0.1) is 24.9 Å². The van der Waals surface area contributed by atoms with Crippen molar-refractivity contribution in [3.05, 3.63) is 64.6 Å². The fraction of sp³-hybridized carbons (Fsp3) is 0.273. The topological polar surface area (TPSA) is 88.5 Å². The largest absolute Gasteiger partial charge is 0.462 e. The quantitative estimate of drug-likeness (QED) is 0.421. The molecule has 0 saturated carbocycles. The molecule has 1 aliphatic heterocycles. The molecule has 0 unspecified atom stereocenters. The number of benzene rings is 1. The van der Waals surface area contributed by atoms with Crippen LogP contribution < -0.4 is 0 Å².